The van der Waals surface area contributed by atoms with Gasteiger partial charge in [0.2, 0.25) is 0 Å². The Bertz CT molecular complexity index is 1320. The minimum Gasteiger partial charge on any atom is -0.388 e. The molecule has 2 bridgehead atoms. The van der Waals surface area contributed by atoms with Crippen LogP contribution in [0.15, 0.2) is 12.3 Å². The Morgan fingerprint density at radius 3 is 2.34 bits per heavy atom. The molecule has 2 aromatic heterocycles. The molecule has 4 aliphatic rings. The van der Waals surface area contributed by atoms with Crippen molar-refractivity contribution < 1.29 is 41.4 Å². The molecule has 3 atom stereocenters. The number of pyridine rings is 1. The lowest BCUT2D eigenvalue weighted by molar-refractivity contribution is -0.146. The van der Waals surface area contributed by atoms with Crippen LogP contribution in [0.3, 0.4) is 0 Å². The predicted octanol–water partition coefficient (Wildman–Crippen LogP) is 4.15. The molecule has 1 saturated carbocycles. The lowest BCUT2D eigenvalue weighted by Gasteiger charge is -2.23. The summed E-state index contributed by atoms with van der Waals surface area (Å²) < 4.78 is 74.6. The number of aliphatic hydroxyl groups excluding tert-OH is 1. The van der Waals surface area contributed by atoms with Gasteiger partial charge in [-0.15, -0.1) is 11.3 Å². The molecule has 6 rings (SSSR count). The van der Waals surface area contributed by atoms with Gasteiger partial charge in [-0.3, -0.25) is 9.59 Å². The van der Waals surface area contributed by atoms with E-state index < -0.39 is 54.1 Å². The molecule has 222 valence electrons. The molecule has 0 unspecified atom stereocenters. The average Bonchev–Trinajstić information content (AvgIpc) is 3.24. The van der Waals surface area contributed by atoms with Gasteiger partial charge >= 0.3 is 6.18 Å². The smallest absolute Gasteiger partial charge is 0.388 e. The number of carbonyl (C=O) groups is 2. The fourth-order valence-electron chi connectivity index (χ4n) is 6.00. The second kappa shape index (κ2) is 10.7. The van der Waals surface area contributed by atoms with E-state index >= 15 is 0 Å². The van der Waals surface area contributed by atoms with Crippen LogP contribution in [0, 0.1) is 5.92 Å². The molecule has 0 spiro atoms. The zero-order valence-electron chi connectivity index (χ0n) is 21.7. The quantitative estimate of drug-likeness (QED) is 0.390. The summed E-state index contributed by atoms with van der Waals surface area (Å²) in [6, 6.07) is -1.78. The summed E-state index contributed by atoms with van der Waals surface area (Å²) in [5, 5.41) is 14.7. The Kier molecular flexibility index (Phi) is 7.39. The number of halogens is 5. The summed E-state index contributed by atoms with van der Waals surface area (Å²) in [5.74, 6) is -2.21. The highest BCUT2D eigenvalue weighted by molar-refractivity contribution is 7.17. The van der Waals surface area contributed by atoms with Gasteiger partial charge in [0.05, 0.1) is 30.2 Å². The van der Waals surface area contributed by atoms with E-state index in [4.69, 9.17) is 4.74 Å². The van der Waals surface area contributed by atoms with Gasteiger partial charge in [-0.1, -0.05) is 0 Å². The van der Waals surface area contributed by atoms with E-state index in [0.717, 1.165) is 49.3 Å². The second-order valence-electron chi connectivity index (χ2n) is 11.0. The molecule has 4 fully saturated rings. The molecule has 41 heavy (non-hydrogen) atoms. The van der Waals surface area contributed by atoms with Crippen LogP contribution in [0.4, 0.5) is 27.8 Å². The maximum Gasteiger partial charge on any atom is 0.408 e. The number of rotatable bonds is 8. The van der Waals surface area contributed by atoms with Crippen LogP contribution in [0.25, 0.3) is 10.4 Å². The van der Waals surface area contributed by atoms with Crippen molar-refractivity contribution in [1.82, 2.24) is 20.2 Å². The number of thiazole rings is 1. The van der Waals surface area contributed by atoms with Crippen molar-refractivity contribution in [1.29, 1.82) is 0 Å². The number of alkyl halides is 5. The van der Waals surface area contributed by atoms with Crippen molar-refractivity contribution in [2.75, 3.05) is 18.5 Å². The number of hydrogen-bond donors (Lipinski definition) is 3. The topological polar surface area (TPSA) is 117 Å². The van der Waals surface area contributed by atoms with Crippen molar-refractivity contribution in [2.45, 2.75) is 81.4 Å². The van der Waals surface area contributed by atoms with Gasteiger partial charge in [0.25, 0.3) is 18.2 Å². The molecule has 15 heteroatoms. The molecule has 2 aromatic rings. The maximum absolute atomic E-state index is 14.4. The monoisotopic (exact) mass is 601 g/mol. The number of anilines is 1. The normalized spacial score (nSPS) is 26.6. The predicted molar refractivity (Wildman–Crippen MR) is 137 cm³/mol. The molecule has 3 N–H and O–H groups in total. The summed E-state index contributed by atoms with van der Waals surface area (Å²) in [4.78, 5) is 36.8. The summed E-state index contributed by atoms with van der Waals surface area (Å²) in [6.07, 6.45) is -3.64. The average molecular weight is 602 g/mol. The molecule has 0 aromatic carbocycles. The number of nitrogens with one attached hydrogen (secondary N) is 2. The van der Waals surface area contributed by atoms with Crippen molar-refractivity contribution in [3.63, 3.8) is 0 Å². The SMILES string of the molecule is O=C(N[C@@H]1COC[C@H]1O)c1nc(C(=O)N2[C@H]3CC[C@H]2CC3)c(-c2cnc(N[C@@H](C3CC3)C(F)(F)F)cc2C(F)F)s1. The molecule has 3 saturated heterocycles. The van der Waals surface area contributed by atoms with Gasteiger partial charge in [-0.2, -0.15) is 13.2 Å². The minimum atomic E-state index is -4.58. The Balaban J connectivity index is 1.37. The number of carbonyl (C=O) groups excluding carboxylic acids is 2. The van der Waals surface area contributed by atoms with E-state index in [1.807, 2.05) is 0 Å². The zero-order valence-corrected chi connectivity index (χ0v) is 22.5. The third kappa shape index (κ3) is 5.50. The number of amides is 2. The van der Waals surface area contributed by atoms with Gasteiger partial charge < -0.3 is 25.4 Å². The van der Waals surface area contributed by atoms with E-state index in [-0.39, 0.29) is 52.3 Å². The highest BCUT2D eigenvalue weighted by Crippen LogP contribution is 2.44. The van der Waals surface area contributed by atoms with Gasteiger partial charge in [0.15, 0.2) is 5.01 Å². The zero-order chi connectivity index (χ0) is 29.1. The van der Waals surface area contributed by atoms with Gasteiger partial charge in [-0.05, 0) is 50.5 Å². The number of ether oxygens (including phenoxy) is 1. The molecule has 1 aliphatic carbocycles. The van der Waals surface area contributed by atoms with Crippen LogP contribution in [0.2, 0.25) is 0 Å². The molecular weight excluding hydrogens is 573 g/mol. The van der Waals surface area contributed by atoms with Crippen LogP contribution >= 0.6 is 11.3 Å². The first kappa shape index (κ1) is 28.2. The standard InChI is InChI=1S/C26H28F5N5O4S/c27-22(28)14-7-18(34-21(11-1-2-11)26(29,30)31)32-8-15(14)20-19(25(39)36-12-3-4-13(36)6-5-12)35-24(41-20)23(38)33-16-9-40-10-17(16)37/h7-8,11-13,16-17,21-22,37H,1-6,9-10H2,(H,32,34)(H,33,38)/t12-,13-,16-,17-,21+/m1/s1. The Morgan fingerprint density at radius 2 is 1.78 bits per heavy atom. The van der Waals surface area contributed by atoms with Crippen LogP contribution < -0.4 is 10.6 Å². The number of nitrogens with zero attached hydrogens (tertiary/aromatic N) is 3. The number of fused-ring (bicyclic) bond motifs is 2. The molecule has 5 heterocycles. The summed E-state index contributed by atoms with van der Waals surface area (Å²) in [6.45, 7) is 0.108. The van der Waals surface area contributed by atoms with Crippen LogP contribution in [0.1, 0.15) is 70.8 Å². The van der Waals surface area contributed by atoms with Crippen molar-refractivity contribution in [3.8, 4) is 10.4 Å². The Labute approximate surface area is 235 Å². The van der Waals surface area contributed by atoms with E-state index in [1.54, 1.807) is 4.90 Å². The molecular formula is C26H28F5N5O4S. The molecule has 3 aliphatic heterocycles. The molecule has 0 radical (unpaired) electrons. The molecule has 9 nitrogen and oxygen atoms in total. The first-order valence-corrected chi connectivity index (χ1v) is 14.3. The van der Waals surface area contributed by atoms with E-state index in [2.05, 4.69) is 20.6 Å². The Morgan fingerprint density at radius 1 is 1.10 bits per heavy atom. The summed E-state index contributed by atoms with van der Waals surface area (Å²) in [7, 11) is 0. The van der Waals surface area contributed by atoms with Gasteiger partial charge in [0, 0.05) is 29.4 Å². The van der Waals surface area contributed by atoms with Gasteiger partial charge in [-0.25, -0.2) is 18.7 Å². The van der Waals surface area contributed by atoms with Crippen LogP contribution in [0.5, 0.6) is 0 Å². The largest absolute Gasteiger partial charge is 0.408 e. The highest BCUT2D eigenvalue weighted by Gasteiger charge is 2.49. The van der Waals surface area contributed by atoms with Crippen LogP contribution in [-0.2, 0) is 4.74 Å². The maximum atomic E-state index is 14.4. The first-order chi connectivity index (χ1) is 19.5. The number of aliphatic hydroxyl groups is 1. The number of hydrogen-bond acceptors (Lipinski definition) is 8. The Hall–Kier alpha value is -2.91. The van der Waals surface area contributed by atoms with E-state index in [1.165, 1.54) is 0 Å². The second-order valence-corrected chi connectivity index (χ2v) is 12.0. The van der Waals surface area contributed by atoms with Crippen molar-refractivity contribution in [3.05, 3.63) is 28.5 Å². The van der Waals surface area contributed by atoms with Crippen LogP contribution in [-0.4, -0.2) is 81.5 Å². The third-order valence-electron chi connectivity index (χ3n) is 8.24. The first-order valence-electron chi connectivity index (χ1n) is 13.5. The van der Waals surface area contributed by atoms with E-state index in [0.29, 0.717) is 12.8 Å². The third-order valence-corrected chi connectivity index (χ3v) is 9.33. The summed E-state index contributed by atoms with van der Waals surface area (Å²) in [5.41, 5.74) is -0.998. The fraction of sp³-hybridized carbons (Fsp3) is 0.615. The summed E-state index contributed by atoms with van der Waals surface area (Å²) >= 11 is 0.719. The minimum absolute atomic E-state index is 0.00823. The lowest BCUT2D eigenvalue weighted by atomic mass is 10.0. The van der Waals surface area contributed by atoms with Crippen molar-refractivity contribution >= 4 is 29.0 Å². The van der Waals surface area contributed by atoms with Crippen molar-refractivity contribution in [2.24, 2.45) is 5.92 Å². The highest BCUT2D eigenvalue weighted by atomic mass is 32.1. The van der Waals surface area contributed by atoms with Gasteiger partial charge in [0.1, 0.15) is 17.6 Å². The fourth-order valence-corrected chi connectivity index (χ4v) is 6.99. The molecule has 2 amide bonds. The lowest BCUT2D eigenvalue weighted by Crippen LogP contribution is -2.42. The van der Waals surface area contributed by atoms with E-state index in [9.17, 15) is 36.6 Å². The number of aromatic nitrogens is 2.